The predicted octanol–water partition coefficient (Wildman–Crippen LogP) is 3.18. The molecule has 14 heavy (non-hydrogen) atoms. The van der Waals surface area contributed by atoms with E-state index in [0.717, 1.165) is 6.29 Å². The third kappa shape index (κ3) is 2.56. The number of benzene rings is 1. The average molecular weight is 188 g/mol. The van der Waals surface area contributed by atoms with Crippen molar-refractivity contribution in [3.8, 4) is 0 Å². The van der Waals surface area contributed by atoms with Crippen LogP contribution in [0, 0.1) is 5.92 Å². The molecule has 0 bridgehead atoms. The van der Waals surface area contributed by atoms with Crippen LogP contribution in [0.3, 0.4) is 0 Å². The molecule has 0 aliphatic heterocycles. The molecule has 2 atom stereocenters. The molecule has 0 aliphatic carbocycles. The van der Waals surface area contributed by atoms with Crippen LogP contribution < -0.4 is 0 Å². The second-order valence-corrected chi connectivity index (χ2v) is 3.51. The van der Waals surface area contributed by atoms with Gasteiger partial charge >= 0.3 is 0 Å². The molecular weight excluding hydrogens is 172 g/mol. The van der Waals surface area contributed by atoms with Crippen molar-refractivity contribution in [1.82, 2.24) is 0 Å². The minimum absolute atomic E-state index is 0.270. The minimum atomic E-state index is 0.270. The van der Waals surface area contributed by atoms with Crippen LogP contribution in [0.15, 0.2) is 43.0 Å². The molecule has 0 heterocycles. The van der Waals surface area contributed by atoms with Crippen molar-refractivity contribution in [1.29, 1.82) is 0 Å². The Labute approximate surface area is 85.5 Å². The zero-order valence-corrected chi connectivity index (χ0v) is 8.52. The molecule has 1 aromatic rings. The van der Waals surface area contributed by atoms with Gasteiger partial charge in [0.15, 0.2) is 0 Å². The Hall–Kier alpha value is -1.37. The lowest BCUT2D eigenvalue weighted by molar-refractivity contribution is -0.108. The molecule has 1 nitrogen and oxygen atoms in total. The highest BCUT2D eigenvalue weighted by Gasteiger charge is 2.15. The summed E-state index contributed by atoms with van der Waals surface area (Å²) in [6, 6.07) is 10.1. The van der Waals surface area contributed by atoms with Crippen LogP contribution in [0.4, 0.5) is 0 Å². The van der Waals surface area contributed by atoms with Gasteiger partial charge in [-0.25, -0.2) is 0 Å². The normalized spacial score (nSPS) is 14.4. The van der Waals surface area contributed by atoms with Gasteiger partial charge in [0.25, 0.3) is 0 Å². The van der Waals surface area contributed by atoms with E-state index in [-0.39, 0.29) is 5.92 Å². The van der Waals surface area contributed by atoms with E-state index in [1.54, 1.807) is 0 Å². The Morgan fingerprint density at radius 2 is 2.00 bits per heavy atom. The molecule has 0 aliphatic rings. The maximum absolute atomic E-state index is 10.6. The van der Waals surface area contributed by atoms with E-state index < -0.39 is 0 Å². The van der Waals surface area contributed by atoms with Gasteiger partial charge in [0.05, 0.1) is 0 Å². The lowest BCUT2D eigenvalue weighted by Crippen LogP contribution is -2.08. The van der Waals surface area contributed by atoms with Gasteiger partial charge in [-0.15, -0.1) is 6.58 Å². The molecule has 0 saturated heterocycles. The van der Waals surface area contributed by atoms with E-state index in [4.69, 9.17) is 0 Å². The van der Waals surface area contributed by atoms with Crippen molar-refractivity contribution in [2.45, 2.75) is 19.3 Å². The summed E-state index contributed by atoms with van der Waals surface area (Å²) in [6.45, 7) is 5.86. The lowest BCUT2D eigenvalue weighted by Gasteiger charge is -2.19. The van der Waals surface area contributed by atoms with Crippen molar-refractivity contribution in [2.24, 2.45) is 5.92 Å². The van der Waals surface area contributed by atoms with Crippen molar-refractivity contribution in [3.05, 3.63) is 48.6 Å². The van der Waals surface area contributed by atoms with E-state index in [0.29, 0.717) is 12.3 Å². The first-order chi connectivity index (χ1) is 6.79. The maximum Gasteiger partial charge on any atom is 0.120 e. The number of allylic oxidation sites excluding steroid dienone is 1. The van der Waals surface area contributed by atoms with Gasteiger partial charge < -0.3 is 4.79 Å². The van der Waals surface area contributed by atoms with E-state index in [1.807, 2.05) is 24.3 Å². The zero-order valence-electron chi connectivity index (χ0n) is 8.52. The summed E-state index contributed by atoms with van der Waals surface area (Å²) in [4.78, 5) is 10.6. The van der Waals surface area contributed by atoms with Gasteiger partial charge in [-0.1, -0.05) is 43.3 Å². The Morgan fingerprint density at radius 1 is 1.36 bits per heavy atom. The Balaban J connectivity index is 2.87. The Kier molecular flexibility index (Phi) is 4.11. The quantitative estimate of drug-likeness (QED) is 0.512. The van der Waals surface area contributed by atoms with E-state index >= 15 is 0 Å². The maximum atomic E-state index is 10.6. The van der Waals surface area contributed by atoms with Gasteiger partial charge in [0, 0.05) is 6.42 Å². The molecule has 1 rings (SSSR count). The summed E-state index contributed by atoms with van der Waals surface area (Å²) in [5.41, 5.74) is 1.21. The number of hydrogen-bond donors (Lipinski definition) is 0. The zero-order chi connectivity index (χ0) is 10.4. The summed E-state index contributed by atoms with van der Waals surface area (Å²) in [5.74, 6) is 0.605. The highest BCUT2D eigenvalue weighted by atomic mass is 16.1. The second-order valence-electron chi connectivity index (χ2n) is 3.51. The molecule has 1 heteroatoms. The Bertz CT molecular complexity index is 289. The van der Waals surface area contributed by atoms with Crippen LogP contribution in [0.25, 0.3) is 0 Å². The molecular formula is C13H16O. The van der Waals surface area contributed by atoms with Gasteiger partial charge in [0.2, 0.25) is 0 Å². The fraction of sp³-hybridized carbons (Fsp3) is 0.308. The molecule has 74 valence electrons. The van der Waals surface area contributed by atoms with E-state index in [2.05, 4.69) is 25.6 Å². The van der Waals surface area contributed by atoms with Crippen LogP contribution in [-0.2, 0) is 4.79 Å². The first-order valence-corrected chi connectivity index (χ1v) is 4.90. The average Bonchev–Trinajstić information content (AvgIpc) is 2.26. The molecule has 0 aromatic heterocycles. The van der Waals surface area contributed by atoms with Gasteiger partial charge in [-0.3, -0.25) is 0 Å². The SMILES string of the molecule is C=CC(C)C(CC=O)c1ccccc1. The molecule has 0 radical (unpaired) electrons. The highest BCUT2D eigenvalue weighted by molar-refractivity contribution is 5.52. The van der Waals surface area contributed by atoms with Crippen molar-refractivity contribution in [3.63, 3.8) is 0 Å². The lowest BCUT2D eigenvalue weighted by atomic mass is 9.85. The summed E-state index contributed by atoms with van der Waals surface area (Å²) in [6.07, 6.45) is 3.45. The van der Waals surface area contributed by atoms with Crippen LogP contribution in [0.1, 0.15) is 24.8 Å². The first-order valence-electron chi connectivity index (χ1n) is 4.90. The third-order valence-corrected chi connectivity index (χ3v) is 2.58. The minimum Gasteiger partial charge on any atom is -0.303 e. The fourth-order valence-electron chi connectivity index (χ4n) is 1.62. The number of rotatable bonds is 5. The predicted molar refractivity (Wildman–Crippen MR) is 59.2 cm³/mol. The standard InChI is InChI=1S/C13H16O/c1-3-11(2)13(9-10-14)12-7-5-4-6-8-12/h3-8,10-11,13H,1,9H2,2H3. The first kappa shape index (κ1) is 10.7. The Morgan fingerprint density at radius 3 is 2.50 bits per heavy atom. The van der Waals surface area contributed by atoms with Crippen molar-refractivity contribution >= 4 is 6.29 Å². The number of hydrogen-bond acceptors (Lipinski definition) is 1. The monoisotopic (exact) mass is 188 g/mol. The van der Waals surface area contributed by atoms with Crippen LogP contribution in [0.2, 0.25) is 0 Å². The third-order valence-electron chi connectivity index (χ3n) is 2.58. The second kappa shape index (κ2) is 5.38. The summed E-state index contributed by atoms with van der Waals surface area (Å²) in [5, 5.41) is 0. The van der Waals surface area contributed by atoms with Gasteiger partial charge in [-0.05, 0) is 17.4 Å². The van der Waals surface area contributed by atoms with Crippen molar-refractivity contribution in [2.75, 3.05) is 0 Å². The highest BCUT2D eigenvalue weighted by Crippen LogP contribution is 2.27. The summed E-state index contributed by atoms with van der Waals surface area (Å²) in [7, 11) is 0. The number of aldehydes is 1. The molecule has 0 fully saturated rings. The molecule has 0 spiro atoms. The smallest absolute Gasteiger partial charge is 0.120 e. The fourth-order valence-corrected chi connectivity index (χ4v) is 1.62. The van der Waals surface area contributed by atoms with Crippen molar-refractivity contribution < 1.29 is 4.79 Å². The molecule has 0 amide bonds. The van der Waals surface area contributed by atoms with Gasteiger partial charge in [0.1, 0.15) is 6.29 Å². The number of carbonyl (C=O) groups excluding carboxylic acids is 1. The van der Waals surface area contributed by atoms with Crippen LogP contribution >= 0.6 is 0 Å². The molecule has 0 N–H and O–H groups in total. The topological polar surface area (TPSA) is 17.1 Å². The van der Waals surface area contributed by atoms with E-state index in [1.165, 1.54) is 5.56 Å². The summed E-state index contributed by atoms with van der Waals surface area (Å²) >= 11 is 0. The van der Waals surface area contributed by atoms with E-state index in [9.17, 15) is 4.79 Å². The summed E-state index contributed by atoms with van der Waals surface area (Å²) < 4.78 is 0. The van der Waals surface area contributed by atoms with Gasteiger partial charge in [-0.2, -0.15) is 0 Å². The van der Waals surface area contributed by atoms with Crippen LogP contribution in [0.5, 0.6) is 0 Å². The largest absolute Gasteiger partial charge is 0.303 e. The molecule has 2 unspecified atom stereocenters. The van der Waals surface area contributed by atoms with Crippen LogP contribution in [-0.4, -0.2) is 6.29 Å². The molecule has 1 aromatic carbocycles. The number of carbonyl (C=O) groups is 1. The molecule has 0 saturated carbocycles.